The molecule has 0 atom stereocenters. The predicted molar refractivity (Wildman–Crippen MR) is 56.4 cm³/mol. The van der Waals surface area contributed by atoms with E-state index in [9.17, 15) is 9.59 Å². The van der Waals surface area contributed by atoms with E-state index in [0.29, 0.717) is 6.61 Å². The maximum Gasteiger partial charge on any atom is 0.330 e. The van der Waals surface area contributed by atoms with Crippen molar-refractivity contribution in [2.75, 3.05) is 6.61 Å². The molecule has 0 saturated heterocycles. The second-order valence-electron chi connectivity index (χ2n) is 2.93. The van der Waals surface area contributed by atoms with E-state index in [2.05, 4.69) is 6.92 Å². The highest BCUT2D eigenvalue weighted by molar-refractivity contribution is 5.83. The standard InChI is InChI=1S/C11H16O4/c1-2-3-6-9-15-11(14)8-5-4-7-10(12)13/h4-5,7-8H,2-3,6,9H2,1H3,(H,12,13)/b7-4-,8-5-. The first kappa shape index (κ1) is 13.4. The van der Waals surface area contributed by atoms with Crippen LogP contribution in [-0.2, 0) is 14.3 Å². The maximum atomic E-state index is 11.0. The number of carboxylic acids is 1. The average molecular weight is 212 g/mol. The van der Waals surface area contributed by atoms with Gasteiger partial charge < -0.3 is 9.84 Å². The van der Waals surface area contributed by atoms with Crippen LogP contribution in [0.5, 0.6) is 0 Å². The molecule has 0 unspecified atom stereocenters. The molecule has 0 fully saturated rings. The predicted octanol–water partition coefficient (Wildman–Crippen LogP) is 1.92. The van der Waals surface area contributed by atoms with Crippen LogP contribution in [0.4, 0.5) is 0 Å². The fourth-order valence-electron chi connectivity index (χ4n) is 0.845. The lowest BCUT2D eigenvalue weighted by atomic mass is 10.3. The molecule has 0 aliphatic carbocycles. The van der Waals surface area contributed by atoms with E-state index < -0.39 is 11.9 Å². The molecule has 4 nitrogen and oxygen atoms in total. The van der Waals surface area contributed by atoms with Gasteiger partial charge in [0.2, 0.25) is 0 Å². The van der Waals surface area contributed by atoms with Crippen LogP contribution < -0.4 is 0 Å². The Balaban J connectivity index is 3.60. The molecule has 1 N–H and O–H groups in total. The molecular formula is C11H16O4. The molecule has 15 heavy (non-hydrogen) atoms. The zero-order valence-corrected chi connectivity index (χ0v) is 8.81. The number of aliphatic carboxylic acids is 1. The van der Waals surface area contributed by atoms with Crippen molar-refractivity contribution in [1.82, 2.24) is 0 Å². The zero-order valence-electron chi connectivity index (χ0n) is 8.81. The Labute approximate surface area is 89.2 Å². The second-order valence-corrected chi connectivity index (χ2v) is 2.93. The van der Waals surface area contributed by atoms with Gasteiger partial charge in [-0.2, -0.15) is 0 Å². The van der Waals surface area contributed by atoms with Crippen LogP contribution >= 0.6 is 0 Å². The van der Waals surface area contributed by atoms with E-state index in [1.165, 1.54) is 18.2 Å². The molecule has 0 aromatic carbocycles. The second kappa shape index (κ2) is 8.99. The first-order valence-electron chi connectivity index (χ1n) is 4.91. The fraction of sp³-hybridized carbons (Fsp3) is 0.455. The number of rotatable bonds is 7. The van der Waals surface area contributed by atoms with Crippen molar-refractivity contribution in [2.24, 2.45) is 0 Å². The van der Waals surface area contributed by atoms with E-state index >= 15 is 0 Å². The van der Waals surface area contributed by atoms with Crippen LogP contribution in [0.2, 0.25) is 0 Å². The minimum Gasteiger partial charge on any atom is -0.478 e. The Hall–Kier alpha value is -1.58. The summed E-state index contributed by atoms with van der Waals surface area (Å²) in [5.41, 5.74) is 0. The van der Waals surface area contributed by atoms with Crippen molar-refractivity contribution < 1.29 is 19.4 Å². The van der Waals surface area contributed by atoms with Crippen molar-refractivity contribution in [2.45, 2.75) is 26.2 Å². The molecule has 0 aromatic heterocycles. The van der Waals surface area contributed by atoms with E-state index in [-0.39, 0.29) is 0 Å². The molecule has 0 bridgehead atoms. The summed E-state index contributed by atoms with van der Waals surface area (Å²) in [6, 6.07) is 0. The summed E-state index contributed by atoms with van der Waals surface area (Å²) < 4.78 is 4.84. The van der Waals surface area contributed by atoms with E-state index in [4.69, 9.17) is 9.84 Å². The number of unbranched alkanes of at least 4 members (excludes halogenated alkanes) is 2. The topological polar surface area (TPSA) is 63.6 Å². The molecule has 4 heteroatoms. The van der Waals surface area contributed by atoms with Crippen LogP contribution in [0.3, 0.4) is 0 Å². The van der Waals surface area contributed by atoms with E-state index in [1.54, 1.807) is 0 Å². The van der Waals surface area contributed by atoms with Crippen LogP contribution in [-0.4, -0.2) is 23.7 Å². The zero-order chi connectivity index (χ0) is 11.5. The molecule has 0 aliphatic heterocycles. The van der Waals surface area contributed by atoms with Gasteiger partial charge in [0, 0.05) is 12.2 Å². The van der Waals surface area contributed by atoms with Gasteiger partial charge in [0.1, 0.15) is 0 Å². The molecule has 0 rings (SSSR count). The number of carbonyl (C=O) groups excluding carboxylic acids is 1. The van der Waals surface area contributed by atoms with E-state index in [1.807, 2.05) is 0 Å². The molecule has 0 heterocycles. The lowest BCUT2D eigenvalue weighted by Crippen LogP contribution is -2.01. The van der Waals surface area contributed by atoms with E-state index in [0.717, 1.165) is 25.3 Å². The molecule has 0 aliphatic rings. The lowest BCUT2D eigenvalue weighted by Gasteiger charge is -1.99. The Morgan fingerprint density at radius 2 is 1.87 bits per heavy atom. The first-order chi connectivity index (χ1) is 7.16. The van der Waals surface area contributed by atoms with Gasteiger partial charge in [0.25, 0.3) is 0 Å². The van der Waals surface area contributed by atoms with Gasteiger partial charge in [-0.15, -0.1) is 0 Å². The van der Waals surface area contributed by atoms with Gasteiger partial charge in [-0.1, -0.05) is 31.9 Å². The Morgan fingerprint density at radius 3 is 2.47 bits per heavy atom. The summed E-state index contributed by atoms with van der Waals surface area (Å²) >= 11 is 0. The Bertz CT molecular complexity index is 253. The SMILES string of the molecule is CCCCCOC(=O)/C=C\C=C/C(=O)O. The van der Waals surface area contributed by atoms with Crippen molar-refractivity contribution in [3.05, 3.63) is 24.3 Å². The third kappa shape index (κ3) is 10.3. The maximum absolute atomic E-state index is 11.0. The lowest BCUT2D eigenvalue weighted by molar-refractivity contribution is -0.138. The molecule has 84 valence electrons. The largest absolute Gasteiger partial charge is 0.478 e. The third-order valence-electron chi connectivity index (χ3n) is 1.57. The monoisotopic (exact) mass is 212 g/mol. The van der Waals surface area contributed by atoms with Crippen LogP contribution in [0.1, 0.15) is 26.2 Å². The smallest absolute Gasteiger partial charge is 0.330 e. The summed E-state index contributed by atoms with van der Waals surface area (Å²) in [4.78, 5) is 21.0. The quantitative estimate of drug-likeness (QED) is 0.303. The van der Waals surface area contributed by atoms with Crippen molar-refractivity contribution in [1.29, 1.82) is 0 Å². The summed E-state index contributed by atoms with van der Waals surface area (Å²) in [6.07, 6.45) is 7.74. The molecule has 0 saturated carbocycles. The summed E-state index contributed by atoms with van der Waals surface area (Å²) in [7, 11) is 0. The normalized spacial score (nSPS) is 11.0. The summed E-state index contributed by atoms with van der Waals surface area (Å²) in [6.45, 7) is 2.48. The minimum atomic E-state index is -1.05. The number of hydrogen-bond donors (Lipinski definition) is 1. The number of hydrogen-bond acceptors (Lipinski definition) is 3. The van der Waals surface area contributed by atoms with Crippen LogP contribution in [0.25, 0.3) is 0 Å². The van der Waals surface area contributed by atoms with Gasteiger partial charge in [0.15, 0.2) is 0 Å². The highest BCUT2D eigenvalue weighted by Crippen LogP contribution is 1.94. The highest BCUT2D eigenvalue weighted by Gasteiger charge is 1.94. The molecule has 0 aromatic rings. The number of allylic oxidation sites excluding steroid dienone is 2. The number of esters is 1. The Kier molecular flexibility index (Phi) is 8.05. The van der Waals surface area contributed by atoms with Gasteiger partial charge in [-0.3, -0.25) is 0 Å². The third-order valence-corrected chi connectivity index (χ3v) is 1.57. The minimum absolute atomic E-state index is 0.416. The van der Waals surface area contributed by atoms with Gasteiger partial charge in [0.05, 0.1) is 6.61 Å². The molecule has 0 radical (unpaired) electrons. The Morgan fingerprint density at radius 1 is 1.20 bits per heavy atom. The van der Waals surface area contributed by atoms with Crippen LogP contribution in [0, 0.1) is 0 Å². The first-order valence-corrected chi connectivity index (χ1v) is 4.91. The van der Waals surface area contributed by atoms with Gasteiger partial charge >= 0.3 is 11.9 Å². The van der Waals surface area contributed by atoms with Gasteiger partial charge in [-0.05, 0) is 6.42 Å². The average Bonchev–Trinajstić information content (AvgIpc) is 2.19. The molecular weight excluding hydrogens is 196 g/mol. The van der Waals surface area contributed by atoms with Crippen molar-refractivity contribution in [3.63, 3.8) is 0 Å². The van der Waals surface area contributed by atoms with Crippen molar-refractivity contribution in [3.8, 4) is 0 Å². The summed E-state index contributed by atoms with van der Waals surface area (Å²) in [5, 5.41) is 8.24. The fourth-order valence-corrected chi connectivity index (χ4v) is 0.845. The number of ether oxygens (including phenoxy) is 1. The number of carbonyl (C=O) groups is 2. The molecule has 0 amide bonds. The highest BCUT2D eigenvalue weighted by atomic mass is 16.5. The van der Waals surface area contributed by atoms with Crippen LogP contribution in [0.15, 0.2) is 24.3 Å². The van der Waals surface area contributed by atoms with Crippen molar-refractivity contribution >= 4 is 11.9 Å². The van der Waals surface area contributed by atoms with Gasteiger partial charge in [-0.25, -0.2) is 9.59 Å². The number of carboxylic acid groups (broad SMARTS) is 1. The summed E-state index contributed by atoms with van der Waals surface area (Å²) in [5.74, 6) is -1.49. The molecule has 0 spiro atoms.